The average Bonchev–Trinajstić information content (AvgIpc) is 3.09. The van der Waals surface area contributed by atoms with E-state index in [0.29, 0.717) is 12.1 Å². The monoisotopic (exact) mass is 441 g/mol. The van der Waals surface area contributed by atoms with Gasteiger partial charge in [-0.1, -0.05) is 22.0 Å². The van der Waals surface area contributed by atoms with Gasteiger partial charge in [-0.05, 0) is 42.8 Å². The quantitative estimate of drug-likeness (QED) is 0.589. The van der Waals surface area contributed by atoms with Crippen LogP contribution in [-0.2, 0) is 11.3 Å². The minimum Gasteiger partial charge on any atom is -0.352 e. The van der Waals surface area contributed by atoms with Gasteiger partial charge in [0.05, 0.1) is 23.1 Å². The molecular weight excluding hydrogens is 422 g/mol. The molecule has 2 aromatic heterocycles. The lowest BCUT2D eigenvalue weighted by Crippen LogP contribution is -2.30. The van der Waals surface area contributed by atoms with Gasteiger partial charge in [-0.25, -0.2) is 4.68 Å². The molecule has 0 bridgehead atoms. The summed E-state index contributed by atoms with van der Waals surface area (Å²) >= 11 is 3.40. The van der Waals surface area contributed by atoms with Crippen molar-refractivity contribution in [2.75, 3.05) is 6.54 Å². The van der Waals surface area contributed by atoms with E-state index in [1.807, 2.05) is 43.3 Å². The van der Waals surface area contributed by atoms with E-state index in [0.717, 1.165) is 21.4 Å². The maximum Gasteiger partial charge on any atom is 0.254 e. The zero-order valence-electron chi connectivity index (χ0n) is 15.4. The first-order valence-electron chi connectivity index (χ1n) is 8.79. The number of aromatic nitrogens is 3. The molecule has 28 heavy (non-hydrogen) atoms. The number of halogens is 1. The number of benzene rings is 1. The van der Waals surface area contributed by atoms with E-state index in [2.05, 4.69) is 36.6 Å². The predicted octanol–water partition coefficient (Wildman–Crippen LogP) is 2.77. The Bertz CT molecular complexity index is 954. The number of hydrogen-bond donors (Lipinski definition) is 2. The third-order valence-electron chi connectivity index (χ3n) is 4.18. The summed E-state index contributed by atoms with van der Waals surface area (Å²) in [6.45, 7) is 2.50. The summed E-state index contributed by atoms with van der Waals surface area (Å²) in [6.07, 6.45) is 5.12. The number of carbonyl (C=O) groups is 2. The van der Waals surface area contributed by atoms with Crippen LogP contribution in [0.1, 0.15) is 28.0 Å². The Morgan fingerprint density at radius 3 is 2.61 bits per heavy atom. The first kappa shape index (κ1) is 19.8. The number of amides is 2. The van der Waals surface area contributed by atoms with Gasteiger partial charge in [-0.2, -0.15) is 5.10 Å². The highest BCUT2D eigenvalue weighted by Gasteiger charge is 2.15. The van der Waals surface area contributed by atoms with Crippen LogP contribution in [0.15, 0.2) is 59.5 Å². The number of nitrogens with zero attached hydrogens (tertiary/aromatic N) is 3. The highest BCUT2D eigenvalue weighted by Crippen LogP contribution is 2.17. The van der Waals surface area contributed by atoms with Gasteiger partial charge in [0.15, 0.2) is 0 Å². The third kappa shape index (κ3) is 5.04. The Labute approximate surface area is 171 Å². The van der Waals surface area contributed by atoms with Crippen molar-refractivity contribution in [3.8, 4) is 5.69 Å². The van der Waals surface area contributed by atoms with Crippen LogP contribution in [0.25, 0.3) is 5.69 Å². The standard InChI is InChI=1S/C20H20BrN5O2/c1-14-18(13-25-26(14)17-6-4-16(21)5-7-17)20(28)23-10-8-19(27)24-12-15-3-2-9-22-11-15/h2-7,9,11,13H,8,10,12H2,1H3,(H,23,28)(H,24,27). The summed E-state index contributed by atoms with van der Waals surface area (Å²) in [5.41, 5.74) is 3.02. The van der Waals surface area contributed by atoms with Gasteiger partial charge in [0, 0.05) is 36.4 Å². The molecule has 144 valence electrons. The first-order chi connectivity index (χ1) is 13.5. The molecule has 0 radical (unpaired) electrons. The minimum absolute atomic E-state index is 0.133. The Hall–Kier alpha value is -3.00. The molecule has 0 aliphatic rings. The summed E-state index contributed by atoms with van der Waals surface area (Å²) in [5.74, 6) is -0.382. The van der Waals surface area contributed by atoms with E-state index in [9.17, 15) is 9.59 Å². The van der Waals surface area contributed by atoms with Crippen LogP contribution in [0.5, 0.6) is 0 Å². The van der Waals surface area contributed by atoms with Crippen LogP contribution < -0.4 is 10.6 Å². The van der Waals surface area contributed by atoms with Gasteiger partial charge in [0.2, 0.25) is 5.91 Å². The lowest BCUT2D eigenvalue weighted by Gasteiger charge is -2.08. The van der Waals surface area contributed by atoms with Gasteiger partial charge >= 0.3 is 0 Å². The molecule has 8 heteroatoms. The minimum atomic E-state index is -0.249. The molecule has 0 fully saturated rings. The van der Waals surface area contributed by atoms with Crippen molar-refractivity contribution in [3.05, 3.63) is 76.3 Å². The van der Waals surface area contributed by atoms with Crippen molar-refractivity contribution in [2.24, 2.45) is 0 Å². The molecule has 3 rings (SSSR count). The summed E-state index contributed by atoms with van der Waals surface area (Å²) in [7, 11) is 0. The Kier molecular flexibility index (Phi) is 6.54. The molecule has 1 aromatic carbocycles. The van der Waals surface area contributed by atoms with E-state index < -0.39 is 0 Å². The van der Waals surface area contributed by atoms with E-state index in [-0.39, 0.29) is 24.8 Å². The zero-order chi connectivity index (χ0) is 19.9. The number of rotatable bonds is 7. The predicted molar refractivity (Wildman–Crippen MR) is 109 cm³/mol. The number of hydrogen-bond acceptors (Lipinski definition) is 4. The molecule has 2 N–H and O–H groups in total. The van der Waals surface area contributed by atoms with E-state index in [1.54, 1.807) is 17.1 Å². The maximum atomic E-state index is 12.4. The SMILES string of the molecule is Cc1c(C(=O)NCCC(=O)NCc2cccnc2)cnn1-c1ccc(Br)cc1. The van der Waals surface area contributed by atoms with Crippen LogP contribution in [0.2, 0.25) is 0 Å². The number of pyridine rings is 1. The second-order valence-corrected chi connectivity index (χ2v) is 7.09. The van der Waals surface area contributed by atoms with E-state index in [1.165, 1.54) is 6.20 Å². The zero-order valence-corrected chi connectivity index (χ0v) is 16.9. The molecule has 7 nitrogen and oxygen atoms in total. The number of carbonyl (C=O) groups excluding carboxylic acids is 2. The Morgan fingerprint density at radius 2 is 1.89 bits per heavy atom. The first-order valence-corrected chi connectivity index (χ1v) is 9.58. The van der Waals surface area contributed by atoms with Crippen molar-refractivity contribution in [1.29, 1.82) is 0 Å². The van der Waals surface area contributed by atoms with Crippen molar-refractivity contribution < 1.29 is 9.59 Å². The van der Waals surface area contributed by atoms with Gasteiger partial charge < -0.3 is 10.6 Å². The third-order valence-corrected chi connectivity index (χ3v) is 4.70. The fraction of sp³-hybridized carbons (Fsp3) is 0.200. The topological polar surface area (TPSA) is 88.9 Å². The summed E-state index contributed by atoms with van der Waals surface area (Å²) in [6, 6.07) is 11.4. The molecule has 3 aromatic rings. The smallest absolute Gasteiger partial charge is 0.254 e. The van der Waals surface area contributed by atoms with Gasteiger partial charge in [-0.15, -0.1) is 0 Å². The lowest BCUT2D eigenvalue weighted by atomic mass is 10.2. The van der Waals surface area contributed by atoms with Gasteiger partial charge in [0.1, 0.15) is 0 Å². The Morgan fingerprint density at radius 1 is 1.11 bits per heavy atom. The van der Waals surface area contributed by atoms with Crippen LogP contribution in [0.4, 0.5) is 0 Å². The molecule has 0 spiro atoms. The van der Waals surface area contributed by atoms with Crippen molar-refractivity contribution in [1.82, 2.24) is 25.4 Å². The molecular formula is C20H20BrN5O2. The summed E-state index contributed by atoms with van der Waals surface area (Å²) in [5, 5.41) is 9.87. The fourth-order valence-corrected chi connectivity index (χ4v) is 2.92. The molecule has 0 aliphatic heterocycles. The highest BCUT2D eigenvalue weighted by atomic mass is 79.9. The second kappa shape index (κ2) is 9.27. The lowest BCUT2D eigenvalue weighted by molar-refractivity contribution is -0.121. The molecule has 0 saturated heterocycles. The molecule has 0 saturated carbocycles. The van der Waals surface area contributed by atoms with Crippen molar-refractivity contribution in [2.45, 2.75) is 19.9 Å². The molecule has 0 unspecified atom stereocenters. The average molecular weight is 442 g/mol. The largest absolute Gasteiger partial charge is 0.352 e. The molecule has 0 atom stereocenters. The maximum absolute atomic E-state index is 12.4. The summed E-state index contributed by atoms with van der Waals surface area (Å²) < 4.78 is 2.68. The molecule has 2 amide bonds. The Balaban J connectivity index is 1.50. The number of nitrogens with one attached hydrogen (secondary N) is 2. The molecule has 0 aliphatic carbocycles. The van der Waals surface area contributed by atoms with Crippen LogP contribution >= 0.6 is 15.9 Å². The summed E-state index contributed by atoms with van der Waals surface area (Å²) in [4.78, 5) is 28.3. The van der Waals surface area contributed by atoms with E-state index >= 15 is 0 Å². The van der Waals surface area contributed by atoms with Crippen molar-refractivity contribution >= 4 is 27.7 Å². The molecule has 2 heterocycles. The van der Waals surface area contributed by atoms with Crippen LogP contribution in [0.3, 0.4) is 0 Å². The van der Waals surface area contributed by atoms with Crippen molar-refractivity contribution in [3.63, 3.8) is 0 Å². The van der Waals surface area contributed by atoms with Crippen LogP contribution in [0, 0.1) is 6.92 Å². The van der Waals surface area contributed by atoms with E-state index in [4.69, 9.17) is 0 Å². The fourth-order valence-electron chi connectivity index (χ4n) is 2.65. The van der Waals surface area contributed by atoms with Gasteiger partial charge in [0.25, 0.3) is 5.91 Å². The van der Waals surface area contributed by atoms with Gasteiger partial charge in [-0.3, -0.25) is 14.6 Å². The highest BCUT2D eigenvalue weighted by molar-refractivity contribution is 9.10. The normalized spacial score (nSPS) is 10.5. The van der Waals surface area contributed by atoms with Crippen LogP contribution in [-0.4, -0.2) is 33.1 Å². The second-order valence-electron chi connectivity index (χ2n) is 6.18.